The Bertz CT molecular complexity index is 467. The van der Waals surface area contributed by atoms with Crippen LogP contribution in [-0.2, 0) is 9.22 Å². The molecule has 0 saturated heterocycles. The summed E-state index contributed by atoms with van der Waals surface area (Å²) in [6.45, 7) is 12.9. The summed E-state index contributed by atoms with van der Waals surface area (Å²) in [5, 5.41) is 0. The largest absolute Gasteiger partial charge is 0.407 e. The Kier molecular flexibility index (Phi) is 4.22. The fourth-order valence-corrected chi connectivity index (χ4v) is 5.60. The highest BCUT2D eigenvalue weighted by Crippen LogP contribution is 2.59. The molecule has 0 aromatic carbocycles. The average Bonchev–Trinajstić information content (AvgIpc) is 2.78. The zero-order valence-corrected chi connectivity index (χ0v) is 15.5. The molecule has 2 nitrogen and oxygen atoms in total. The van der Waals surface area contributed by atoms with Crippen molar-refractivity contribution in [2.45, 2.75) is 51.8 Å². The number of fused-ring (bicyclic) bond motifs is 1. The van der Waals surface area contributed by atoms with Crippen LogP contribution in [0.25, 0.3) is 0 Å². The molecular formula is C16H25BrO2Si. The molecule has 0 amide bonds. The van der Waals surface area contributed by atoms with Crippen LogP contribution in [0.2, 0.25) is 13.1 Å². The van der Waals surface area contributed by atoms with E-state index in [-0.39, 0.29) is 16.8 Å². The Morgan fingerprint density at radius 1 is 1.55 bits per heavy atom. The summed E-state index contributed by atoms with van der Waals surface area (Å²) in [6.07, 6.45) is 6.25. The van der Waals surface area contributed by atoms with Gasteiger partial charge >= 0.3 is 0 Å². The third-order valence-electron chi connectivity index (χ3n) is 4.58. The van der Waals surface area contributed by atoms with Crippen LogP contribution in [0.1, 0.15) is 33.1 Å². The standard InChI is InChI=1S/C16H25BrO2Si/c1-6-7-16(19-20(4,5)11-17)10-15(2,3)13-8-12(18)9-14(13)16/h6,9,13H,1,7-8,10-11H2,2-5H3/t13-,16-/m1/s1. The minimum Gasteiger partial charge on any atom is -0.407 e. The molecule has 2 atom stereocenters. The van der Waals surface area contributed by atoms with Crippen LogP contribution >= 0.6 is 15.9 Å². The van der Waals surface area contributed by atoms with E-state index in [1.807, 2.05) is 12.2 Å². The maximum absolute atomic E-state index is 11.9. The molecule has 0 aliphatic heterocycles. The third kappa shape index (κ3) is 2.74. The number of rotatable bonds is 5. The van der Waals surface area contributed by atoms with Gasteiger partial charge in [0.25, 0.3) is 0 Å². The van der Waals surface area contributed by atoms with Crippen LogP contribution in [0, 0.1) is 11.3 Å². The van der Waals surface area contributed by atoms with Gasteiger partial charge in [0, 0.05) is 11.4 Å². The lowest BCUT2D eigenvalue weighted by Gasteiger charge is -2.38. The van der Waals surface area contributed by atoms with Gasteiger partial charge in [0.05, 0.1) is 5.60 Å². The molecule has 2 aliphatic carbocycles. The first kappa shape index (κ1) is 16.2. The van der Waals surface area contributed by atoms with Crippen molar-refractivity contribution in [3.8, 4) is 0 Å². The molecule has 1 saturated carbocycles. The second kappa shape index (κ2) is 5.22. The molecule has 1 fully saturated rings. The predicted octanol–water partition coefficient (Wildman–Crippen LogP) is 4.40. The molecule has 0 heterocycles. The Morgan fingerprint density at radius 3 is 2.75 bits per heavy atom. The lowest BCUT2D eigenvalue weighted by atomic mass is 9.80. The van der Waals surface area contributed by atoms with E-state index in [0.717, 1.165) is 17.8 Å². The number of carbonyl (C=O) groups excluding carboxylic acids is 1. The normalized spacial score (nSPS) is 32.1. The summed E-state index contributed by atoms with van der Waals surface area (Å²) in [5.74, 6) is 0.600. The Morgan fingerprint density at radius 2 is 2.20 bits per heavy atom. The molecule has 20 heavy (non-hydrogen) atoms. The first-order chi connectivity index (χ1) is 9.16. The molecule has 2 aliphatic rings. The molecule has 0 aromatic rings. The molecule has 0 aromatic heterocycles. The zero-order valence-electron chi connectivity index (χ0n) is 13.0. The van der Waals surface area contributed by atoms with Gasteiger partial charge in [-0.2, -0.15) is 0 Å². The van der Waals surface area contributed by atoms with Crippen molar-refractivity contribution < 1.29 is 9.22 Å². The lowest BCUT2D eigenvalue weighted by molar-refractivity contribution is -0.115. The average molecular weight is 357 g/mol. The second-order valence-corrected chi connectivity index (χ2v) is 13.1. The van der Waals surface area contributed by atoms with E-state index < -0.39 is 8.32 Å². The predicted molar refractivity (Wildman–Crippen MR) is 89.5 cm³/mol. The smallest absolute Gasteiger partial charge is 0.198 e. The first-order valence-corrected chi connectivity index (χ1v) is 11.5. The van der Waals surface area contributed by atoms with Crippen LogP contribution in [0.4, 0.5) is 0 Å². The zero-order chi connectivity index (χ0) is 15.2. The minimum absolute atomic E-state index is 0.123. The van der Waals surface area contributed by atoms with Gasteiger partial charge in [-0.15, -0.1) is 6.58 Å². The fraction of sp³-hybridized carbons (Fsp3) is 0.688. The van der Waals surface area contributed by atoms with Crippen molar-refractivity contribution in [3.63, 3.8) is 0 Å². The van der Waals surface area contributed by atoms with Crippen molar-refractivity contribution in [2.75, 3.05) is 4.95 Å². The Hall–Kier alpha value is -0.193. The number of hydrogen-bond donors (Lipinski definition) is 0. The van der Waals surface area contributed by atoms with E-state index in [0.29, 0.717) is 12.3 Å². The third-order valence-corrected chi connectivity index (χ3v) is 10.2. The van der Waals surface area contributed by atoms with Crippen LogP contribution < -0.4 is 0 Å². The van der Waals surface area contributed by atoms with E-state index in [1.165, 1.54) is 5.57 Å². The van der Waals surface area contributed by atoms with Gasteiger partial charge in [-0.05, 0) is 48.9 Å². The summed E-state index contributed by atoms with van der Waals surface area (Å²) >= 11 is 3.59. The topological polar surface area (TPSA) is 26.3 Å². The van der Waals surface area contributed by atoms with Gasteiger partial charge in [0.1, 0.15) is 0 Å². The molecule has 4 heteroatoms. The molecule has 0 spiro atoms. The van der Waals surface area contributed by atoms with E-state index in [4.69, 9.17) is 4.43 Å². The van der Waals surface area contributed by atoms with Crippen LogP contribution in [0.3, 0.4) is 0 Å². The van der Waals surface area contributed by atoms with E-state index in [9.17, 15) is 4.79 Å². The highest BCUT2D eigenvalue weighted by molar-refractivity contribution is 9.09. The van der Waals surface area contributed by atoms with Gasteiger partial charge in [0.15, 0.2) is 14.1 Å². The maximum atomic E-state index is 11.9. The number of ketones is 1. The first-order valence-electron chi connectivity index (χ1n) is 7.28. The molecule has 2 rings (SSSR count). The number of carbonyl (C=O) groups is 1. The van der Waals surface area contributed by atoms with Crippen LogP contribution in [0.15, 0.2) is 24.3 Å². The highest BCUT2D eigenvalue weighted by Gasteiger charge is 2.57. The highest BCUT2D eigenvalue weighted by atomic mass is 79.9. The Balaban J connectivity index is 2.44. The number of halogens is 1. The monoisotopic (exact) mass is 356 g/mol. The van der Waals surface area contributed by atoms with Gasteiger partial charge in [-0.1, -0.05) is 35.9 Å². The minimum atomic E-state index is -1.78. The summed E-state index contributed by atoms with van der Waals surface area (Å²) in [5.41, 5.74) is 1.05. The maximum Gasteiger partial charge on any atom is 0.198 e. The molecule has 0 bridgehead atoms. The molecule has 112 valence electrons. The van der Waals surface area contributed by atoms with E-state index in [2.05, 4.69) is 49.5 Å². The summed E-state index contributed by atoms with van der Waals surface area (Å²) in [4.78, 5) is 12.8. The van der Waals surface area contributed by atoms with Crippen molar-refractivity contribution in [2.24, 2.45) is 11.3 Å². The second-order valence-electron chi connectivity index (χ2n) is 7.47. The van der Waals surface area contributed by atoms with Crippen molar-refractivity contribution >= 4 is 30.0 Å². The lowest BCUT2D eigenvalue weighted by Crippen LogP contribution is -2.45. The summed E-state index contributed by atoms with van der Waals surface area (Å²) in [6, 6.07) is 0. The van der Waals surface area contributed by atoms with Gasteiger partial charge in [-0.25, -0.2) is 0 Å². The van der Waals surface area contributed by atoms with Crippen molar-refractivity contribution in [1.29, 1.82) is 0 Å². The summed E-state index contributed by atoms with van der Waals surface area (Å²) in [7, 11) is -1.78. The molecule has 0 unspecified atom stereocenters. The Labute approximate surface area is 131 Å². The quantitative estimate of drug-likeness (QED) is 0.414. The van der Waals surface area contributed by atoms with E-state index >= 15 is 0 Å². The SMILES string of the molecule is C=CC[C@@]1(O[Si](C)(C)CBr)CC(C)(C)[C@@H]2CC(=O)C=C21. The molecule has 0 N–H and O–H groups in total. The molecule has 0 radical (unpaired) electrons. The van der Waals surface area contributed by atoms with Gasteiger partial charge in [0.2, 0.25) is 0 Å². The fourth-order valence-electron chi connectivity index (χ4n) is 3.87. The van der Waals surface area contributed by atoms with E-state index in [1.54, 1.807) is 0 Å². The van der Waals surface area contributed by atoms with Crippen molar-refractivity contribution in [1.82, 2.24) is 0 Å². The molecular weight excluding hydrogens is 332 g/mol. The van der Waals surface area contributed by atoms with Gasteiger partial charge in [-0.3, -0.25) is 4.79 Å². The number of allylic oxidation sites excluding steroid dienone is 1. The number of hydrogen-bond acceptors (Lipinski definition) is 2. The van der Waals surface area contributed by atoms with Crippen molar-refractivity contribution in [3.05, 3.63) is 24.3 Å². The number of alkyl halides is 1. The van der Waals surface area contributed by atoms with Gasteiger partial charge < -0.3 is 4.43 Å². The van der Waals surface area contributed by atoms with Crippen LogP contribution in [-0.4, -0.2) is 24.7 Å². The summed E-state index contributed by atoms with van der Waals surface area (Å²) < 4.78 is 6.67. The van der Waals surface area contributed by atoms with Crippen LogP contribution in [0.5, 0.6) is 0 Å².